The first-order chi connectivity index (χ1) is 8.40. The summed E-state index contributed by atoms with van der Waals surface area (Å²) in [7, 11) is 0. The molecule has 104 valence electrons. The minimum absolute atomic E-state index is 0.0625. The summed E-state index contributed by atoms with van der Waals surface area (Å²) in [5.74, 6) is 3.69. The number of ether oxygens (including phenoxy) is 1. The molecule has 0 radical (unpaired) electrons. The Hall–Kier alpha value is -0.0800. The molecule has 2 heteroatoms. The van der Waals surface area contributed by atoms with E-state index in [0.717, 1.165) is 30.1 Å². The Labute approximate surface area is 112 Å². The lowest BCUT2D eigenvalue weighted by Crippen LogP contribution is -2.51. The van der Waals surface area contributed by atoms with E-state index in [0.29, 0.717) is 6.10 Å². The minimum Gasteiger partial charge on any atom is -0.360 e. The van der Waals surface area contributed by atoms with Gasteiger partial charge >= 0.3 is 0 Å². The second-order valence-corrected chi connectivity index (χ2v) is 8.33. The van der Waals surface area contributed by atoms with Gasteiger partial charge in [0.25, 0.3) is 0 Å². The fourth-order valence-electron chi connectivity index (χ4n) is 4.95. The topological polar surface area (TPSA) is 35.2 Å². The fourth-order valence-corrected chi connectivity index (χ4v) is 4.95. The molecule has 18 heavy (non-hydrogen) atoms. The van der Waals surface area contributed by atoms with Crippen LogP contribution in [0.1, 0.15) is 59.3 Å². The summed E-state index contributed by atoms with van der Waals surface area (Å²) >= 11 is 0. The van der Waals surface area contributed by atoms with Gasteiger partial charge in [-0.2, -0.15) is 0 Å². The summed E-state index contributed by atoms with van der Waals surface area (Å²) in [6.45, 7) is 6.73. The Morgan fingerprint density at radius 3 is 1.94 bits per heavy atom. The van der Waals surface area contributed by atoms with Crippen molar-refractivity contribution in [2.24, 2.45) is 34.8 Å². The van der Waals surface area contributed by atoms with Crippen molar-refractivity contribution in [3.05, 3.63) is 0 Å². The van der Waals surface area contributed by atoms with Crippen molar-refractivity contribution in [1.29, 1.82) is 0 Å². The molecule has 0 aliphatic heterocycles. The summed E-state index contributed by atoms with van der Waals surface area (Å²) in [6, 6.07) is 0. The van der Waals surface area contributed by atoms with Gasteiger partial charge in [0.05, 0.1) is 6.10 Å². The average molecular weight is 251 g/mol. The molecule has 0 aromatic rings. The minimum atomic E-state index is -0.0625. The van der Waals surface area contributed by atoms with Gasteiger partial charge in [0.2, 0.25) is 0 Å². The Bertz CT molecular complexity index is 279. The van der Waals surface area contributed by atoms with Gasteiger partial charge in [-0.15, -0.1) is 0 Å². The molecule has 4 bridgehead atoms. The molecule has 4 rings (SSSR count). The van der Waals surface area contributed by atoms with Gasteiger partial charge in [0.15, 0.2) is 0 Å². The quantitative estimate of drug-likeness (QED) is 0.779. The van der Waals surface area contributed by atoms with E-state index in [-0.39, 0.29) is 11.6 Å². The third-order valence-corrected chi connectivity index (χ3v) is 5.29. The lowest BCUT2D eigenvalue weighted by Gasteiger charge is -2.54. The van der Waals surface area contributed by atoms with Gasteiger partial charge < -0.3 is 10.5 Å². The predicted octanol–water partition coefficient (Wildman–Crippen LogP) is 3.55. The van der Waals surface area contributed by atoms with Crippen LogP contribution in [0.3, 0.4) is 0 Å². The van der Waals surface area contributed by atoms with Gasteiger partial charge in [-0.1, -0.05) is 20.8 Å². The molecule has 4 aliphatic carbocycles. The molecule has 4 saturated carbocycles. The summed E-state index contributed by atoms with van der Waals surface area (Å²) in [4.78, 5) is 0. The van der Waals surface area contributed by atoms with Crippen LogP contribution in [-0.2, 0) is 4.74 Å². The van der Waals surface area contributed by atoms with Gasteiger partial charge in [0.1, 0.15) is 6.23 Å². The highest BCUT2D eigenvalue weighted by atomic mass is 16.5. The molecule has 0 aromatic heterocycles. The normalized spacial score (nSPS) is 44.3. The standard InChI is InChI=1S/C16H29NO/c1-16(2,3)9-14(17)18-15-12-5-10-4-11(7-12)8-13(15)6-10/h10-15H,4-9,17H2,1-3H3. The first kappa shape index (κ1) is 12.9. The summed E-state index contributed by atoms with van der Waals surface area (Å²) in [5, 5.41) is 0. The molecular weight excluding hydrogens is 222 g/mol. The molecule has 1 atom stereocenters. The highest BCUT2D eigenvalue weighted by Crippen LogP contribution is 2.54. The molecule has 0 spiro atoms. The van der Waals surface area contributed by atoms with Crippen molar-refractivity contribution in [3.63, 3.8) is 0 Å². The van der Waals surface area contributed by atoms with Crippen LogP contribution >= 0.6 is 0 Å². The summed E-state index contributed by atoms with van der Waals surface area (Å²) < 4.78 is 6.28. The maximum atomic E-state index is 6.28. The van der Waals surface area contributed by atoms with Crippen LogP contribution in [-0.4, -0.2) is 12.3 Å². The van der Waals surface area contributed by atoms with E-state index in [4.69, 9.17) is 10.5 Å². The first-order valence-electron chi connectivity index (χ1n) is 7.82. The smallest absolute Gasteiger partial charge is 0.106 e. The molecule has 0 aromatic carbocycles. The van der Waals surface area contributed by atoms with Gasteiger partial charge in [-0.05, 0) is 67.6 Å². The number of rotatable bonds is 3. The number of hydrogen-bond donors (Lipinski definition) is 1. The van der Waals surface area contributed by atoms with Crippen molar-refractivity contribution in [1.82, 2.24) is 0 Å². The van der Waals surface area contributed by atoms with E-state index >= 15 is 0 Å². The molecule has 0 saturated heterocycles. The van der Waals surface area contributed by atoms with Crippen molar-refractivity contribution in [2.75, 3.05) is 0 Å². The first-order valence-corrected chi connectivity index (χ1v) is 7.82. The monoisotopic (exact) mass is 251 g/mol. The Morgan fingerprint density at radius 2 is 1.50 bits per heavy atom. The highest BCUT2D eigenvalue weighted by Gasteiger charge is 2.49. The van der Waals surface area contributed by atoms with Gasteiger partial charge in [-0.3, -0.25) is 0 Å². The van der Waals surface area contributed by atoms with E-state index in [2.05, 4.69) is 20.8 Å². The van der Waals surface area contributed by atoms with Crippen LogP contribution in [0.5, 0.6) is 0 Å². The second-order valence-electron chi connectivity index (χ2n) is 8.33. The van der Waals surface area contributed by atoms with Crippen LogP contribution in [0.4, 0.5) is 0 Å². The molecular formula is C16H29NO. The zero-order valence-corrected chi connectivity index (χ0v) is 12.2. The molecule has 2 N–H and O–H groups in total. The van der Waals surface area contributed by atoms with E-state index in [1.54, 1.807) is 0 Å². The average Bonchev–Trinajstić information content (AvgIpc) is 2.19. The SMILES string of the molecule is CC(C)(C)CC(N)OC1C2CC3CC(C2)CC1C3. The largest absolute Gasteiger partial charge is 0.360 e. The maximum Gasteiger partial charge on any atom is 0.106 e. The van der Waals surface area contributed by atoms with Crippen molar-refractivity contribution in [2.45, 2.75) is 71.6 Å². The zero-order chi connectivity index (χ0) is 12.9. The number of nitrogens with two attached hydrogens (primary N) is 1. The van der Waals surface area contributed by atoms with Crippen molar-refractivity contribution >= 4 is 0 Å². The van der Waals surface area contributed by atoms with E-state index in [1.807, 2.05) is 0 Å². The van der Waals surface area contributed by atoms with Gasteiger partial charge in [0, 0.05) is 0 Å². The van der Waals surface area contributed by atoms with E-state index in [1.165, 1.54) is 32.1 Å². The molecule has 4 aliphatic rings. The summed E-state index contributed by atoms with van der Waals surface area (Å²) in [6.07, 6.45) is 8.56. The van der Waals surface area contributed by atoms with Crippen molar-refractivity contribution < 1.29 is 4.74 Å². The molecule has 0 amide bonds. The Balaban J connectivity index is 1.60. The van der Waals surface area contributed by atoms with Crippen LogP contribution in [0.2, 0.25) is 0 Å². The predicted molar refractivity (Wildman–Crippen MR) is 74.0 cm³/mol. The third kappa shape index (κ3) is 2.60. The molecule has 2 nitrogen and oxygen atoms in total. The highest BCUT2D eigenvalue weighted by molar-refractivity contribution is 4.99. The Kier molecular flexibility index (Phi) is 3.22. The number of hydrogen-bond acceptors (Lipinski definition) is 2. The fraction of sp³-hybridized carbons (Fsp3) is 1.00. The molecule has 0 heterocycles. The lowest BCUT2D eigenvalue weighted by molar-refractivity contribution is -0.154. The maximum absolute atomic E-state index is 6.28. The molecule has 1 unspecified atom stereocenters. The molecule has 4 fully saturated rings. The van der Waals surface area contributed by atoms with Crippen molar-refractivity contribution in [3.8, 4) is 0 Å². The van der Waals surface area contributed by atoms with Crippen LogP contribution in [0.15, 0.2) is 0 Å². The summed E-state index contributed by atoms with van der Waals surface area (Å²) in [5.41, 5.74) is 6.49. The second kappa shape index (κ2) is 4.49. The van der Waals surface area contributed by atoms with Crippen LogP contribution in [0, 0.1) is 29.1 Å². The van der Waals surface area contributed by atoms with Gasteiger partial charge in [-0.25, -0.2) is 0 Å². The third-order valence-electron chi connectivity index (χ3n) is 5.29. The van der Waals surface area contributed by atoms with Crippen LogP contribution < -0.4 is 5.73 Å². The van der Waals surface area contributed by atoms with E-state index in [9.17, 15) is 0 Å². The van der Waals surface area contributed by atoms with Crippen LogP contribution in [0.25, 0.3) is 0 Å². The lowest BCUT2D eigenvalue weighted by atomic mass is 9.55. The van der Waals surface area contributed by atoms with E-state index < -0.39 is 0 Å². The Morgan fingerprint density at radius 1 is 1.00 bits per heavy atom. The zero-order valence-electron chi connectivity index (χ0n) is 12.2.